The summed E-state index contributed by atoms with van der Waals surface area (Å²) in [7, 11) is 0. The summed E-state index contributed by atoms with van der Waals surface area (Å²) in [5.41, 5.74) is 0.759. The molecule has 2 aromatic rings. The van der Waals surface area contributed by atoms with Crippen molar-refractivity contribution in [1.82, 2.24) is 15.1 Å². The fraction of sp³-hybridized carbons (Fsp3) is 0.333. The zero-order valence-electron chi connectivity index (χ0n) is 11.9. The number of aromatic hydroxyl groups is 1. The van der Waals surface area contributed by atoms with Crippen molar-refractivity contribution in [2.45, 2.75) is 25.8 Å². The van der Waals surface area contributed by atoms with Gasteiger partial charge in [-0.2, -0.15) is 5.10 Å². The molecule has 112 valence electrons. The van der Waals surface area contributed by atoms with E-state index in [9.17, 15) is 9.90 Å². The maximum absolute atomic E-state index is 12.1. The van der Waals surface area contributed by atoms with Gasteiger partial charge in [-0.05, 0) is 31.9 Å². The molecule has 21 heavy (non-hydrogen) atoms. The van der Waals surface area contributed by atoms with Crippen molar-refractivity contribution in [3.05, 3.63) is 42.2 Å². The third-order valence-corrected chi connectivity index (χ3v) is 3.10. The SMILES string of the molecule is CC(CCCO)NC(=O)c1nn(-c2ccccc2)cc1O. The normalized spacial score (nSPS) is 12.1. The molecule has 0 bridgehead atoms. The van der Waals surface area contributed by atoms with Crippen LogP contribution < -0.4 is 5.32 Å². The Morgan fingerprint density at radius 3 is 2.76 bits per heavy atom. The van der Waals surface area contributed by atoms with Gasteiger partial charge in [0.2, 0.25) is 0 Å². The van der Waals surface area contributed by atoms with E-state index in [1.807, 2.05) is 37.3 Å². The van der Waals surface area contributed by atoms with Crippen LogP contribution in [0.4, 0.5) is 0 Å². The van der Waals surface area contributed by atoms with Gasteiger partial charge in [0.1, 0.15) is 0 Å². The van der Waals surface area contributed by atoms with Gasteiger partial charge in [0.05, 0.1) is 11.9 Å². The lowest BCUT2D eigenvalue weighted by Gasteiger charge is -2.11. The molecule has 2 rings (SSSR count). The van der Waals surface area contributed by atoms with E-state index in [2.05, 4.69) is 10.4 Å². The monoisotopic (exact) mass is 289 g/mol. The molecule has 0 aliphatic carbocycles. The Bertz CT molecular complexity index is 595. The summed E-state index contributed by atoms with van der Waals surface area (Å²) in [5.74, 6) is -0.585. The minimum Gasteiger partial charge on any atom is -0.504 e. The maximum Gasteiger partial charge on any atom is 0.275 e. The second kappa shape index (κ2) is 6.90. The molecule has 1 amide bonds. The smallest absolute Gasteiger partial charge is 0.275 e. The number of amides is 1. The summed E-state index contributed by atoms with van der Waals surface area (Å²) >= 11 is 0. The van der Waals surface area contributed by atoms with Crippen molar-refractivity contribution in [3.8, 4) is 11.4 Å². The fourth-order valence-electron chi connectivity index (χ4n) is 2.00. The topological polar surface area (TPSA) is 87.4 Å². The van der Waals surface area contributed by atoms with Gasteiger partial charge in [-0.15, -0.1) is 0 Å². The number of carbonyl (C=O) groups is 1. The zero-order chi connectivity index (χ0) is 15.2. The lowest BCUT2D eigenvalue weighted by molar-refractivity contribution is 0.0928. The third-order valence-electron chi connectivity index (χ3n) is 3.10. The van der Waals surface area contributed by atoms with Gasteiger partial charge < -0.3 is 15.5 Å². The van der Waals surface area contributed by atoms with Gasteiger partial charge >= 0.3 is 0 Å². The fourth-order valence-corrected chi connectivity index (χ4v) is 2.00. The Kier molecular flexibility index (Phi) is 4.94. The van der Waals surface area contributed by atoms with E-state index in [1.54, 1.807) is 0 Å². The van der Waals surface area contributed by atoms with Crippen LogP contribution in [0, 0.1) is 0 Å². The first-order valence-corrected chi connectivity index (χ1v) is 6.87. The molecule has 3 N–H and O–H groups in total. The highest BCUT2D eigenvalue weighted by Gasteiger charge is 2.18. The van der Waals surface area contributed by atoms with Crippen LogP contribution >= 0.6 is 0 Å². The minimum atomic E-state index is -0.423. The van der Waals surface area contributed by atoms with Gasteiger partial charge in [0.25, 0.3) is 5.91 Å². The van der Waals surface area contributed by atoms with Crippen LogP contribution in [0.2, 0.25) is 0 Å². The molecule has 6 heteroatoms. The number of aliphatic hydroxyl groups excluding tert-OH is 1. The van der Waals surface area contributed by atoms with Gasteiger partial charge in [0, 0.05) is 12.6 Å². The molecule has 0 aliphatic heterocycles. The van der Waals surface area contributed by atoms with Crippen LogP contribution in [0.5, 0.6) is 5.75 Å². The largest absolute Gasteiger partial charge is 0.504 e. The molecule has 0 saturated carbocycles. The Labute approximate surface area is 123 Å². The summed E-state index contributed by atoms with van der Waals surface area (Å²) in [4.78, 5) is 12.1. The van der Waals surface area contributed by atoms with E-state index in [0.29, 0.717) is 12.8 Å². The first kappa shape index (κ1) is 15.1. The van der Waals surface area contributed by atoms with Crippen molar-refractivity contribution in [2.75, 3.05) is 6.61 Å². The predicted molar refractivity (Wildman–Crippen MR) is 78.5 cm³/mol. The van der Waals surface area contributed by atoms with E-state index in [-0.39, 0.29) is 24.1 Å². The van der Waals surface area contributed by atoms with Crippen molar-refractivity contribution in [2.24, 2.45) is 0 Å². The van der Waals surface area contributed by atoms with Crippen LogP contribution in [-0.2, 0) is 0 Å². The average Bonchev–Trinajstić information content (AvgIpc) is 2.88. The number of carbonyl (C=O) groups excluding carboxylic acids is 1. The highest BCUT2D eigenvalue weighted by Crippen LogP contribution is 2.18. The number of rotatable bonds is 6. The van der Waals surface area contributed by atoms with E-state index in [4.69, 9.17) is 5.11 Å². The number of para-hydroxylation sites is 1. The van der Waals surface area contributed by atoms with E-state index >= 15 is 0 Å². The van der Waals surface area contributed by atoms with Gasteiger partial charge in [-0.1, -0.05) is 18.2 Å². The van der Waals surface area contributed by atoms with Crippen LogP contribution in [-0.4, -0.2) is 38.5 Å². The summed E-state index contributed by atoms with van der Waals surface area (Å²) in [6.07, 6.45) is 2.69. The third kappa shape index (κ3) is 3.82. The van der Waals surface area contributed by atoms with Crippen molar-refractivity contribution in [1.29, 1.82) is 0 Å². The van der Waals surface area contributed by atoms with Crippen LogP contribution in [0.3, 0.4) is 0 Å². The zero-order valence-corrected chi connectivity index (χ0v) is 11.9. The number of benzene rings is 1. The first-order chi connectivity index (χ1) is 10.1. The van der Waals surface area contributed by atoms with Crippen LogP contribution in [0.15, 0.2) is 36.5 Å². The molecule has 0 spiro atoms. The summed E-state index contributed by atoms with van der Waals surface area (Å²) in [6.45, 7) is 1.94. The molecular weight excluding hydrogens is 270 g/mol. The summed E-state index contributed by atoms with van der Waals surface area (Å²) in [5, 5.41) is 25.5. The number of aromatic nitrogens is 2. The van der Waals surface area contributed by atoms with Crippen molar-refractivity contribution in [3.63, 3.8) is 0 Å². The first-order valence-electron chi connectivity index (χ1n) is 6.87. The van der Waals surface area contributed by atoms with E-state index in [0.717, 1.165) is 5.69 Å². The minimum absolute atomic E-state index is 0.00491. The molecule has 1 aromatic carbocycles. The number of nitrogens with zero attached hydrogens (tertiary/aromatic N) is 2. The maximum atomic E-state index is 12.1. The molecule has 1 unspecified atom stereocenters. The lowest BCUT2D eigenvalue weighted by Crippen LogP contribution is -2.33. The highest BCUT2D eigenvalue weighted by molar-refractivity contribution is 5.94. The Morgan fingerprint density at radius 2 is 2.10 bits per heavy atom. The molecule has 1 heterocycles. The number of hydrogen-bond acceptors (Lipinski definition) is 4. The second-order valence-corrected chi connectivity index (χ2v) is 4.88. The number of nitrogens with one attached hydrogen (secondary N) is 1. The molecule has 1 aromatic heterocycles. The summed E-state index contributed by atoms with van der Waals surface area (Å²) in [6, 6.07) is 9.15. The van der Waals surface area contributed by atoms with Gasteiger partial charge in [-0.3, -0.25) is 4.79 Å². The Morgan fingerprint density at radius 1 is 1.38 bits per heavy atom. The lowest BCUT2D eigenvalue weighted by atomic mass is 10.2. The second-order valence-electron chi connectivity index (χ2n) is 4.88. The Balaban J connectivity index is 2.10. The van der Waals surface area contributed by atoms with Crippen molar-refractivity contribution >= 4 is 5.91 Å². The van der Waals surface area contributed by atoms with Gasteiger partial charge in [-0.25, -0.2) is 4.68 Å². The summed E-state index contributed by atoms with van der Waals surface area (Å²) < 4.78 is 1.46. The average molecular weight is 289 g/mol. The van der Waals surface area contributed by atoms with E-state index < -0.39 is 5.91 Å². The Hall–Kier alpha value is -2.34. The molecule has 0 radical (unpaired) electrons. The molecular formula is C15H19N3O3. The van der Waals surface area contributed by atoms with Crippen molar-refractivity contribution < 1.29 is 15.0 Å². The number of hydrogen-bond donors (Lipinski definition) is 3. The molecule has 0 fully saturated rings. The van der Waals surface area contributed by atoms with Crippen LogP contribution in [0.25, 0.3) is 5.69 Å². The van der Waals surface area contributed by atoms with E-state index in [1.165, 1.54) is 10.9 Å². The molecule has 1 atom stereocenters. The quantitative estimate of drug-likeness (QED) is 0.751. The molecule has 6 nitrogen and oxygen atoms in total. The predicted octanol–water partition coefficient (Wildman–Crippen LogP) is 1.47. The van der Waals surface area contributed by atoms with Gasteiger partial charge in [0.15, 0.2) is 11.4 Å². The highest BCUT2D eigenvalue weighted by atomic mass is 16.3. The molecule has 0 aliphatic rings. The standard InChI is InChI=1S/C15H19N3O3/c1-11(6-5-9-19)16-15(21)14-13(20)10-18(17-14)12-7-3-2-4-8-12/h2-4,7-8,10-11,19-20H,5-6,9H2,1H3,(H,16,21). The number of aliphatic hydroxyl groups is 1. The van der Waals surface area contributed by atoms with Crippen LogP contribution in [0.1, 0.15) is 30.3 Å². The molecule has 0 saturated heterocycles.